The third kappa shape index (κ3) is 8.55. The summed E-state index contributed by atoms with van der Waals surface area (Å²) in [6, 6.07) is 101. The summed E-state index contributed by atoms with van der Waals surface area (Å²) in [4.78, 5) is 4.92. The third-order valence-electron chi connectivity index (χ3n) is 16.5. The van der Waals surface area contributed by atoms with E-state index in [4.69, 9.17) is 0 Å². The average Bonchev–Trinajstić information content (AvgIpc) is 3.71. The number of fused-ring (bicyclic) bond motifs is 6. The molecule has 15 rings (SSSR count). The average molecular weight is 1020 g/mol. The summed E-state index contributed by atoms with van der Waals surface area (Å²) in [6.07, 6.45) is 14.7. The van der Waals surface area contributed by atoms with E-state index >= 15 is 0 Å². The SMILES string of the molecule is C1=CC2=CC(N(c3ccc4ccccc4c3)c3ccc4c(-c5ccc(-c6ccccc6)cc5)c5cc(N(c6ccc7ccccc7c6)c6ccc7ccccc7c6)ccc5c(-c5ccc(-c6ccccc6)cc5)c4c3)=CCC2C=C1. The first-order valence-electron chi connectivity index (χ1n) is 27.8. The number of hydrogen-bond donors (Lipinski definition) is 0. The molecule has 0 bridgehead atoms. The minimum atomic E-state index is 0.370. The summed E-state index contributed by atoms with van der Waals surface area (Å²) < 4.78 is 0. The first kappa shape index (κ1) is 47.0. The first-order chi connectivity index (χ1) is 39.6. The van der Waals surface area contributed by atoms with Crippen LogP contribution in [0.4, 0.5) is 28.4 Å². The molecule has 0 saturated carbocycles. The lowest BCUT2D eigenvalue weighted by Crippen LogP contribution is -2.19. The summed E-state index contributed by atoms with van der Waals surface area (Å²) in [5, 5.41) is 12.0. The quantitative estimate of drug-likeness (QED) is 0.126. The maximum absolute atomic E-state index is 2.48. The van der Waals surface area contributed by atoms with Crippen molar-refractivity contribution in [2.75, 3.05) is 9.80 Å². The Morgan fingerprint density at radius 2 is 0.662 bits per heavy atom. The topological polar surface area (TPSA) is 6.48 Å². The van der Waals surface area contributed by atoms with Gasteiger partial charge in [0.2, 0.25) is 0 Å². The number of rotatable bonds is 10. The summed E-state index contributed by atoms with van der Waals surface area (Å²) in [6.45, 7) is 0. The minimum absolute atomic E-state index is 0.370. The Morgan fingerprint density at radius 1 is 0.287 bits per heavy atom. The first-order valence-corrected chi connectivity index (χ1v) is 27.8. The van der Waals surface area contributed by atoms with Gasteiger partial charge in [-0.15, -0.1) is 0 Å². The molecule has 80 heavy (non-hydrogen) atoms. The monoisotopic (exact) mass is 1020 g/mol. The van der Waals surface area contributed by atoms with Gasteiger partial charge in [-0.1, -0.05) is 243 Å². The zero-order chi connectivity index (χ0) is 52.9. The number of allylic oxidation sites excluding steroid dienone is 7. The highest BCUT2D eigenvalue weighted by Gasteiger charge is 2.25. The summed E-state index contributed by atoms with van der Waals surface area (Å²) >= 11 is 0. The molecular formula is C78H54N2. The predicted molar refractivity (Wildman–Crippen MR) is 342 cm³/mol. The van der Waals surface area contributed by atoms with Crippen LogP contribution >= 0.6 is 0 Å². The van der Waals surface area contributed by atoms with Crippen LogP contribution in [0, 0.1) is 5.92 Å². The van der Waals surface area contributed by atoms with E-state index in [0.29, 0.717) is 5.92 Å². The van der Waals surface area contributed by atoms with Gasteiger partial charge in [-0.25, -0.2) is 0 Å². The molecule has 2 aliphatic rings. The van der Waals surface area contributed by atoms with Gasteiger partial charge in [-0.3, -0.25) is 0 Å². The van der Waals surface area contributed by atoms with Crippen LogP contribution in [0.5, 0.6) is 0 Å². The van der Waals surface area contributed by atoms with Gasteiger partial charge in [0, 0.05) is 40.1 Å². The molecule has 0 amide bonds. The minimum Gasteiger partial charge on any atom is -0.311 e. The van der Waals surface area contributed by atoms with Crippen molar-refractivity contribution in [2.24, 2.45) is 5.92 Å². The Hall–Kier alpha value is -10.3. The maximum Gasteiger partial charge on any atom is 0.0468 e. The molecule has 2 nitrogen and oxygen atoms in total. The fourth-order valence-electron chi connectivity index (χ4n) is 12.5. The van der Waals surface area contributed by atoms with E-state index in [0.717, 1.165) is 46.0 Å². The van der Waals surface area contributed by atoms with E-state index in [1.165, 1.54) is 98.5 Å². The van der Waals surface area contributed by atoms with Gasteiger partial charge in [-0.2, -0.15) is 0 Å². The summed E-state index contributed by atoms with van der Waals surface area (Å²) in [5.74, 6) is 0.370. The van der Waals surface area contributed by atoms with Crippen LogP contribution in [-0.2, 0) is 0 Å². The predicted octanol–water partition coefficient (Wildman–Crippen LogP) is 21.7. The van der Waals surface area contributed by atoms with Crippen molar-refractivity contribution < 1.29 is 0 Å². The van der Waals surface area contributed by atoms with Gasteiger partial charge >= 0.3 is 0 Å². The normalized spacial score (nSPS) is 13.9. The molecule has 0 radical (unpaired) electrons. The highest BCUT2D eigenvalue weighted by atomic mass is 15.2. The Kier molecular flexibility index (Phi) is 11.7. The molecule has 0 aromatic heterocycles. The van der Waals surface area contributed by atoms with Crippen LogP contribution in [0.1, 0.15) is 6.42 Å². The van der Waals surface area contributed by atoms with Crippen molar-refractivity contribution in [3.8, 4) is 44.5 Å². The zero-order valence-corrected chi connectivity index (χ0v) is 44.1. The zero-order valence-electron chi connectivity index (χ0n) is 44.1. The van der Waals surface area contributed by atoms with Crippen molar-refractivity contribution in [2.45, 2.75) is 6.42 Å². The summed E-state index contributed by atoms with van der Waals surface area (Å²) in [7, 11) is 0. The Morgan fingerprint density at radius 3 is 1.14 bits per heavy atom. The molecular weight excluding hydrogens is 965 g/mol. The van der Waals surface area contributed by atoms with Gasteiger partial charge in [0.25, 0.3) is 0 Å². The van der Waals surface area contributed by atoms with Gasteiger partial charge in [0.15, 0.2) is 0 Å². The molecule has 0 aliphatic heterocycles. The molecule has 0 heterocycles. The molecule has 13 aromatic rings. The number of benzene rings is 13. The second-order valence-corrected chi connectivity index (χ2v) is 21.2. The van der Waals surface area contributed by atoms with E-state index in [2.05, 4.69) is 319 Å². The third-order valence-corrected chi connectivity index (χ3v) is 16.5. The lowest BCUT2D eigenvalue weighted by molar-refractivity contribution is 0.768. The molecule has 13 aromatic carbocycles. The standard InChI is InChI=1S/C78H54N2/c1-3-15-53(16-4-1)59-27-31-61(32-28-59)77-73-45-43-72(80(69-41-37-57-21-9-13-25-65(57)49-69)70-42-38-58-22-10-14-26-66(58)50-70)52-76(73)78(62-33-29-60(30-34-62)54-17-5-2-6-18-54)74-46-44-71(51-75(74)77)79(67-39-35-55-19-7-11-23-63(55)47-67)68-40-36-56-20-8-12-24-64(56)48-68/h1-37,39-52,58H,38H2. The van der Waals surface area contributed by atoms with Crippen LogP contribution in [0.25, 0.3) is 98.4 Å². The molecule has 2 aliphatic carbocycles. The number of nitrogens with zero attached hydrogens (tertiary/aromatic N) is 2. The van der Waals surface area contributed by atoms with Crippen molar-refractivity contribution >= 4 is 82.3 Å². The molecule has 2 heteroatoms. The van der Waals surface area contributed by atoms with Crippen LogP contribution in [0.3, 0.4) is 0 Å². The smallest absolute Gasteiger partial charge is 0.0468 e. The fraction of sp³-hybridized carbons (Fsp3) is 0.0256. The highest BCUT2D eigenvalue weighted by Crippen LogP contribution is 2.49. The maximum atomic E-state index is 2.48. The van der Waals surface area contributed by atoms with Gasteiger partial charge in [0.05, 0.1) is 0 Å². The van der Waals surface area contributed by atoms with Gasteiger partial charge in [-0.05, 0) is 177 Å². The van der Waals surface area contributed by atoms with Crippen LogP contribution < -0.4 is 9.80 Å². The van der Waals surface area contributed by atoms with Crippen LogP contribution in [0.15, 0.2) is 321 Å². The van der Waals surface area contributed by atoms with Crippen molar-refractivity contribution in [3.63, 3.8) is 0 Å². The van der Waals surface area contributed by atoms with Crippen molar-refractivity contribution in [1.82, 2.24) is 0 Å². The molecule has 0 spiro atoms. The van der Waals surface area contributed by atoms with E-state index in [1.807, 2.05) is 0 Å². The van der Waals surface area contributed by atoms with Crippen LogP contribution in [-0.4, -0.2) is 0 Å². The van der Waals surface area contributed by atoms with Gasteiger partial charge in [0.1, 0.15) is 0 Å². The lowest BCUT2D eigenvalue weighted by Gasteiger charge is -2.31. The fourth-order valence-corrected chi connectivity index (χ4v) is 12.5. The van der Waals surface area contributed by atoms with Crippen molar-refractivity contribution in [1.29, 1.82) is 0 Å². The molecule has 1 unspecified atom stereocenters. The Bertz CT molecular complexity index is 4580. The van der Waals surface area contributed by atoms with E-state index in [1.54, 1.807) is 0 Å². The van der Waals surface area contributed by atoms with E-state index in [-0.39, 0.29) is 0 Å². The Labute approximate surface area is 467 Å². The van der Waals surface area contributed by atoms with Crippen molar-refractivity contribution in [3.05, 3.63) is 321 Å². The molecule has 1 atom stereocenters. The van der Waals surface area contributed by atoms with E-state index in [9.17, 15) is 0 Å². The second-order valence-electron chi connectivity index (χ2n) is 21.2. The molecule has 0 N–H and O–H groups in total. The van der Waals surface area contributed by atoms with E-state index < -0.39 is 0 Å². The summed E-state index contributed by atoms with van der Waals surface area (Å²) in [5.41, 5.74) is 17.5. The molecule has 376 valence electrons. The Balaban J connectivity index is 1.01. The second kappa shape index (κ2) is 19.9. The number of hydrogen-bond acceptors (Lipinski definition) is 2. The highest BCUT2D eigenvalue weighted by molar-refractivity contribution is 6.23. The molecule has 0 fully saturated rings. The lowest BCUT2D eigenvalue weighted by atomic mass is 9.84. The van der Waals surface area contributed by atoms with Crippen LogP contribution in [0.2, 0.25) is 0 Å². The largest absolute Gasteiger partial charge is 0.311 e. The molecule has 0 saturated heterocycles. The van der Waals surface area contributed by atoms with Gasteiger partial charge < -0.3 is 9.80 Å². The number of anilines is 5.